The van der Waals surface area contributed by atoms with Crippen molar-refractivity contribution in [3.05, 3.63) is 24.3 Å². The summed E-state index contributed by atoms with van der Waals surface area (Å²) in [5.41, 5.74) is 5.60. The molecular weight excluding hydrogens is 178 g/mol. The highest BCUT2D eigenvalue weighted by Crippen LogP contribution is 2.26. The van der Waals surface area contributed by atoms with Crippen LogP contribution in [0.3, 0.4) is 0 Å². The molecule has 0 aliphatic rings. The third-order valence-electron chi connectivity index (χ3n) is 1.65. The number of nitrogens with two attached hydrogens (primary N) is 1. The molecule has 0 saturated heterocycles. The van der Waals surface area contributed by atoms with Gasteiger partial charge in [0, 0.05) is 6.04 Å². The fourth-order valence-electron chi connectivity index (χ4n) is 1.07. The smallest absolute Gasteiger partial charge is 0.161 e. The van der Waals surface area contributed by atoms with Gasteiger partial charge in [-0.05, 0) is 26.0 Å². The highest BCUT2D eigenvalue weighted by atomic mass is 16.5. The normalized spacial score (nSPS) is 12.2. The van der Waals surface area contributed by atoms with Gasteiger partial charge < -0.3 is 15.2 Å². The van der Waals surface area contributed by atoms with Crippen molar-refractivity contribution in [3.63, 3.8) is 0 Å². The molecule has 14 heavy (non-hydrogen) atoms. The van der Waals surface area contributed by atoms with E-state index in [1.807, 2.05) is 38.1 Å². The van der Waals surface area contributed by atoms with Gasteiger partial charge in [-0.25, -0.2) is 0 Å². The summed E-state index contributed by atoms with van der Waals surface area (Å²) in [6.45, 7) is 4.99. The third-order valence-corrected chi connectivity index (χ3v) is 1.65. The number of benzene rings is 1. The molecule has 0 amide bonds. The van der Waals surface area contributed by atoms with Crippen LogP contribution in [-0.2, 0) is 0 Å². The van der Waals surface area contributed by atoms with Gasteiger partial charge in [-0.2, -0.15) is 0 Å². The van der Waals surface area contributed by atoms with Crippen molar-refractivity contribution in [2.75, 3.05) is 13.2 Å². The molecule has 78 valence electrons. The summed E-state index contributed by atoms with van der Waals surface area (Å²) < 4.78 is 10.9. The minimum Gasteiger partial charge on any atom is -0.490 e. The largest absolute Gasteiger partial charge is 0.490 e. The molecule has 0 aliphatic carbocycles. The van der Waals surface area contributed by atoms with Gasteiger partial charge in [0.1, 0.15) is 6.61 Å². The standard InChI is InChI=1S/C11H17NO2/c1-3-13-10-6-4-5-7-11(10)14-8-9(2)12/h4-7,9H,3,8,12H2,1-2H3. The van der Waals surface area contributed by atoms with Crippen molar-refractivity contribution in [2.45, 2.75) is 19.9 Å². The Morgan fingerprint density at radius 2 is 1.79 bits per heavy atom. The second kappa shape index (κ2) is 5.50. The summed E-state index contributed by atoms with van der Waals surface area (Å²) in [5.74, 6) is 1.53. The highest BCUT2D eigenvalue weighted by Gasteiger charge is 2.03. The van der Waals surface area contributed by atoms with E-state index in [-0.39, 0.29) is 6.04 Å². The molecule has 0 radical (unpaired) electrons. The molecule has 3 heteroatoms. The van der Waals surface area contributed by atoms with E-state index in [9.17, 15) is 0 Å². The van der Waals surface area contributed by atoms with Gasteiger partial charge in [0.2, 0.25) is 0 Å². The van der Waals surface area contributed by atoms with E-state index in [0.717, 1.165) is 11.5 Å². The summed E-state index contributed by atoms with van der Waals surface area (Å²) >= 11 is 0. The highest BCUT2D eigenvalue weighted by molar-refractivity contribution is 5.39. The van der Waals surface area contributed by atoms with Gasteiger partial charge >= 0.3 is 0 Å². The molecule has 1 rings (SSSR count). The Morgan fingerprint density at radius 1 is 1.21 bits per heavy atom. The zero-order valence-corrected chi connectivity index (χ0v) is 8.69. The molecule has 1 aromatic rings. The molecule has 3 nitrogen and oxygen atoms in total. The Balaban J connectivity index is 2.64. The van der Waals surface area contributed by atoms with Crippen LogP contribution in [0.25, 0.3) is 0 Å². The van der Waals surface area contributed by atoms with E-state index in [0.29, 0.717) is 13.2 Å². The van der Waals surface area contributed by atoms with Crippen molar-refractivity contribution in [1.82, 2.24) is 0 Å². The molecule has 0 spiro atoms. The van der Waals surface area contributed by atoms with Crippen molar-refractivity contribution < 1.29 is 9.47 Å². The quantitative estimate of drug-likeness (QED) is 0.779. The van der Waals surface area contributed by atoms with Gasteiger partial charge in [0.05, 0.1) is 6.61 Å². The summed E-state index contributed by atoms with van der Waals surface area (Å²) in [6, 6.07) is 7.64. The third kappa shape index (κ3) is 3.26. The minimum atomic E-state index is 0.0321. The molecule has 0 saturated carbocycles. The number of para-hydroxylation sites is 2. The lowest BCUT2D eigenvalue weighted by Gasteiger charge is -2.12. The predicted molar refractivity (Wildman–Crippen MR) is 56.8 cm³/mol. The number of rotatable bonds is 5. The van der Waals surface area contributed by atoms with E-state index >= 15 is 0 Å². The van der Waals surface area contributed by atoms with E-state index in [2.05, 4.69) is 0 Å². The van der Waals surface area contributed by atoms with Gasteiger partial charge in [0.25, 0.3) is 0 Å². The summed E-state index contributed by atoms with van der Waals surface area (Å²) in [7, 11) is 0. The lowest BCUT2D eigenvalue weighted by molar-refractivity contribution is 0.265. The summed E-state index contributed by atoms with van der Waals surface area (Å²) in [4.78, 5) is 0. The van der Waals surface area contributed by atoms with Crippen LogP contribution in [0.15, 0.2) is 24.3 Å². The molecule has 1 atom stereocenters. The Labute approximate surface area is 84.8 Å². The SMILES string of the molecule is CCOc1ccccc1OCC(C)N. The molecule has 1 unspecified atom stereocenters. The topological polar surface area (TPSA) is 44.5 Å². The number of ether oxygens (including phenoxy) is 2. The van der Waals surface area contributed by atoms with Gasteiger partial charge in [-0.3, -0.25) is 0 Å². The average molecular weight is 195 g/mol. The Kier molecular flexibility index (Phi) is 4.26. The maximum absolute atomic E-state index is 5.60. The van der Waals surface area contributed by atoms with E-state index in [4.69, 9.17) is 15.2 Å². The lowest BCUT2D eigenvalue weighted by atomic mass is 10.3. The van der Waals surface area contributed by atoms with Crippen LogP contribution in [0.1, 0.15) is 13.8 Å². The second-order valence-electron chi connectivity index (χ2n) is 3.17. The fourth-order valence-corrected chi connectivity index (χ4v) is 1.07. The van der Waals surface area contributed by atoms with Gasteiger partial charge in [-0.1, -0.05) is 12.1 Å². The number of hydrogen-bond acceptors (Lipinski definition) is 3. The molecular formula is C11H17NO2. The van der Waals surface area contributed by atoms with Crippen LogP contribution < -0.4 is 15.2 Å². The number of hydrogen-bond donors (Lipinski definition) is 1. The molecule has 1 aromatic carbocycles. The van der Waals surface area contributed by atoms with E-state index < -0.39 is 0 Å². The van der Waals surface area contributed by atoms with E-state index in [1.54, 1.807) is 0 Å². The van der Waals surface area contributed by atoms with Gasteiger partial charge in [0.15, 0.2) is 11.5 Å². The van der Waals surface area contributed by atoms with Crippen molar-refractivity contribution >= 4 is 0 Å². The predicted octanol–water partition coefficient (Wildman–Crippen LogP) is 1.81. The maximum atomic E-state index is 5.60. The van der Waals surface area contributed by atoms with E-state index in [1.165, 1.54) is 0 Å². The Bertz CT molecular complexity index is 274. The van der Waals surface area contributed by atoms with Crippen LogP contribution in [-0.4, -0.2) is 19.3 Å². The molecule has 0 fully saturated rings. The molecule has 2 N–H and O–H groups in total. The zero-order valence-electron chi connectivity index (χ0n) is 8.69. The first-order chi connectivity index (χ1) is 6.74. The maximum Gasteiger partial charge on any atom is 0.161 e. The molecule has 0 aromatic heterocycles. The van der Waals surface area contributed by atoms with Gasteiger partial charge in [-0.15, -0.1) is 0 Å². The average Bonchev–Trinajstić information content (AvgIpc) is 2.17. The molecule has 0 aliphatic heterocycles. The molecule has 0 heterocycles. The zero-order chi connectivity index (χ0) is 10.4. The first kappa shape index (κ1) is 10.9. The minimum absolute atomic E-state index is 0.0321. The van der Waals surface area contributed by atoms with Crippen LogP contribution in [0.5, 0.6) is 11.5 Å². The fraction of sp³-hybridized carbons (Fsp3) is 0.455. The van der Waals surface area contributed by atoms with Crippen LogP contribution in [0.4, 0.5) is 0 Å². The monoisotopic (exact) mass is 195 g/mol. The van der Waals surface area contributed by atoms with Crippen molar-refractivity contribution in [1.29, 1.82) is 0 Å². The van der Waals surface area contributed by atoms with Crippen molar-refractivity contribution in [2.24, 2.45) is 5.73 Å². The summed E-state index contributed by atoms with van der Waals surface area (Å²) in [5, 5.41) is 0. The first-order valence-corrected chi connectivity index (χ1v) is 4.84. The Morgan fingerprint density at radius 3 is 2.29 bits per heavy atom. The molecule has 0 bridgehead atoms. The lowest BCUT2D eigenvalue weighted by Crippen LogP contribution is -2.23. The second-order valence-corrected chi connectivity index (χ2v) is 3.17. The van der Waals surface area contributed by atoms with Crippen LogP contribution in [0.2, 0.25) is 0 Å². The Hall–Kier alpha value is -1.22. The van der Waals surface area contributed by atoms with Crippen LogP contribution >= 0.6 is 0 Å². The van der Waals surface area contributed by atoms with Crippen molar-refractivity contribution in [3.8, 4) is 11.5 Å². The summed E-state index contributed by atoms with van der Waals surface area (Å²) in [6.07, 6.45) is 0. The first-order valence-electron chi connectivity index (χ1n) is 4.84. The van der Waals surface area contributed by atoms with Crippen LogP contribution in [0, 0.1) is 0 Å².